The zero-order valence-corrected chi connectivity index (χ0v) is 15.8. The van der Waals surface area contributed by atoms with Crippen LogP contribution in [0.3, 0.4) is 0 Å². The van der Waals surface area contributed by atoms with Gasteiger partial charge in [-0.05, 0) is 43.2 Å². The Morgan fingerprint density at radius 3 is 2.42 bits per heavy atom. The van der Waals surface area contributed by atoms with E-state index in [1.165, 1.54) is 0 Å². The van der Waals surface area contributed by atoms with E-state index in [1.54, 1.807) is 14.2 Å². The molecule has 5 nitrogen and oxygen atoms in total. The normalized spacial score (nSPS) is 10.3. The molecule has 1 N–H and O–H groups in total. The van der Waals surface area contributed by atoms with Gasteiger partial charge in [-0.1, -0.05) is 24.3 Å². The van der Waals surface area contributed by atoms with Crippen LogP contribution in [0, 0.1) is 0 Å². The second kappa shape index (κ2) is 10.3. The fourth-order valence-corrected chi connectivity index (χ4v) is 2.82. The van der Waals surface area contributed by atoms with Crippen molar-refractivity contribution in [3.63, 3.8) is 0 Å². The molecule has 0 fully saturated rings. The monoisotopic (exact) mass is 356 g/mol. The van der Waals surface area contributed by atoms with Crippen LogP contribution in [0.5, 0.6) is 11.5 Å². The van der Waals surface area contributed by atoms with Gasteiger partial charge in [-0.15, -0.1) is 0 Å². The highest BCUT2D eigenvalue weighted by atomic mass is 16.5. The van der Waals surface area contributed by atoms with Crippen LogP contribution in [0.4, 0.5) is 5.69 Å². The second-order valence-electron chi connectivity index (χ2n) is 5.95. The van der Waals surface area contributed by atoms with Crippen LogP contribution in [0.2, 0.25) is 0 Å². The third-order valence-electron chi connectivity index (χ3n) is 4.30. The third-order valence-corrected chi connectivity index (χ3v) is 4.30. The summed E-state index contributed by atoms with van der Waals surface area (Å²) >= 11 is 0. The molecule has 0 saturated heterocycles. The predicted octanol–water partition coefficient (Wildman–Crippen LogP) is 3.28. The van der Waals surface area contributed by atoms with Crippen molar-refractivity contribution in [3.05, 3.63) is 54.1 Å². The number of methoxy groups -OCH3 is 2. The van der Waals surface area contributed by atoms with Gasteiger partial charge in [-0.25, -0.2) is 0 Å². The molecule has 0 saturated carbocycles. The lowest BCUT2D eigenvalue weighted by molar-refractivity contribution is -0.120. The number of anilines is 1. The van der Waals surface area contributed by atoms with Crippen molar-refractivity contribution in [1.82, 2.24) is 5.32 Å². The SMILES string of the molecule is CCN(CCC(=O)NCCc1ccc(OC)c(OC)c1)c1ccccc1. The van der Waals surface area contributed by atoms with E-state index in [9.17, 15) is 4.79 Å². The average Bonchev–Trinajstić information content (AvgIpc) is 2.69. The minimum absolute atomic E-state index is 0.0693. The lowest BCUT2D eigenvalue weighted by atomic mass is 10.1. The van der Waals surface area contributed by atoms with Crippen LogP contribution in [0.25, 0.3) is 0 Å². The molecule has 2 aromatic rings. The molecule has 0 aliphatic heterocycles. The molecule has 1 amide bonds. The molecule has 0 aliphatic carbocycles. The fraction of sp³-hybridized carbons (Fsp3) is 0.381. The summed E-state index contributed by atoms with van der Waals surface area (Å²) in [4.78, 5) is 14.3. The van der Waals surface area contributed by atoms with Crippen LogP contribution >= 0.6 is 0 Å². The number of carbonyl (C=O) groups excluding carboxylic acids is 1. The summed E-state index contributed by atoms with van der Waals surface area (Å²) in [6.45, 7) is 4.29. The van der Waals surface area contributed by atoms with E-state index in [2.05, 4.69) is 29.3 Å². The van der Waals surface area contributed by atoms with E-state index in [0.29, 0.717) is 31.0 Å². The fourth-order valence-electron chi connectivity index (χ4n) is 2.82. The van der Waals surface area contributed by atoms with Gasteiger partial charge < -0.3 is 19.7 Å². The number of para-hydroxylation sites is 1. The van der Waals surface area contributed by atoms with E-state index >= 15 is 0 Å². The van der Waals surface area contributed by atoms with Crippen molar-refractivity contribution in [1.29, 1.82) is 0 Å². The Morgan fingerprint density at radius 2 is 1.77 bits per heavy atom. The second-order valence-corrected chi connectivity index (χ2v) is 5.95. The number of rotatable bonds is 10. The van der Waals surface area contributed by atoms with E-state index in [4.69, 9.17) is 9.47 Å². The van der Waals surface area contributed by atoms with Crippen LogP contribution in [-0.4, -0.2) is 39.8 Å². The van der Waals surface area contributed by atoms with Gasteiger partial charge in [-0.3, -0.25) is 4.79 Å². The largest absolute Gasteiger partial charge is 0.493 e. The van der Waals surface area contributed by atoms with E-state index in [0.717, 1.165) is 24.2 Å². The zero-order chi connectivity index (χ0) is 18.8. The van der Waals surface area contributed by atoms with Gasteiger partial charge in [0.25, 0.3) is 0 Å². The van der Waals surface area contributed by atoms with E-state index in [-0.39, 0.29) is 5.91 Å². The first-order valence-corrected chi connectivity index (χ1v) is 8.95. The zero-order valence-electron chi connectivity index (χ0n) is 15.8. The van der Waals surface area contributed by atoms with Crippen molar-refractivity contribution >= 4 is 11.6 Å². The average molecular weight is 356 g/mol. The molecule has 140 valence electrons. The highest BCUT2D eigenvalue weighted by Gasteiger charge is 2.08. The van der Waals surface area contributed by atoms with Gasteiger partial charge in [0.2, 0.25) is 5.91 Å². The Hall–Kier alpha value is -2.69. The summed E-state index contributed by atoms with van der Waals surface area (Å²) in [5, 5.41) is 2.99. The number of amides is 1. The quantitative estimate of drug-likeness (QED) is 0.710. The molecular weight excluding hydrogens is 328 g/mol. The van der Waals surface area contributed by atoms with Gasteiger partial charge in [0.05, 0.1) is 14.2 Å². The van der Waals surface area contributed by atoms with E-state index in [1.807, 2.05) is 36.4 Å². The van der Waals surface area contributed by atoms with Crippen LogP contribution in [0.1, 0.15) is 18.9 Å². The topological polar surface area (TPSA) is 50.8 Å². The maximum absolute atomic E-state index is 12.1. The molecule has 26 heavy (non-hydrogen) atoms. The molecule has 0 heterocycles. The van der Waals surface area contributed by atoms with Gasteiger partial charge >= 0.3 is 0 Å². The molecule has 0 aromatic heterocycles. The minimum Gasteiger partial charge on any atom is -0.493 e. The Kier molecular flexibility index (Phi) is 7.80. The standard InChI is InChI=1S/C21H28N2O3/c1-4-23(18-8-6-5-7-9-18)15-13-21(24)22-14-12-17-10-11-19(25-2)20(16-17)26-3/h5-11,16H,4,12-15H2,1-3H3,(H,22,24). The highest BCUT2D eigenvalue weighted by Crippen LogP contribution is 2.27. The maximum Gasteiger partial charge on any atom is 0.221 e. The van der Waals surface area contributed by atoms with Crippen molar-refractivity contribution in [3.8, 4) is 11.5 Å². The van der Waals surface area contributed by atoms with Gasteiger partial charge in [0.1, 0.15) is 0 Å². The summed E-state index contributed by atoms with van der Waals surface area (Å²) in [7, 11) is 3.24. The molecule has 0 unspecified atom stereocenters. The first kappa shape index (κ1) is 19.6. The minimum atomic E-state index is 0.0693. The van der Waals surface area contributed by atoms with Gasteiger partial charge in [0.15, 0.2) is 11.5 Å². The number of hydrogen-bond donors (Lipinski definition) is 1. The first-order valence-electron chi connectivity index (χ1n) is 8.95. The predicted molar refractivity (Wildman–Crippen MR) is 105 cm³/mol. The van der Waals surface area contributed by atoms with Crippen molar-refractivity contribution in [2.45, 2.75) is 19.8 Å². The number of nitrogens with zero attached hydrogens (tertiary/aromatic N) is 1. The van der Waals surface area contributed by atoms with Crippen molar-refractivity contribution in [2.24, 2.45) is 0 Å². The Bertz CT molecular complexity index is 689. The smallest absolute Gasteiger partial charge is 0.221 e. The summed E-state index contributed by atoms with van der Waals surface area (Å²) in [5.74, 6) is 1.48. The number of benzene rings is 2. The molecule has 0 radical (unpaired) electrons. The highest BCUT2D eigenvalue weighted by molar-refractivity contribution is 5.76. The molecule has 0 bridgehead atoms. The van der Waals surface area contributed by atoms with Gasteiger partial charge in [-0.2, -0.15) is 0 Å². The Balaban J connectivity index is 1.76. The number of nitrogens with one attached hydrogen (secondary N) is 1. The lowest BCUT2D eigenvalue weighted by Gasteiger charge is -2.22. The third kappa shape index (κ3) is 5.69. The lowest BCUT2D eigenvalue weighted by Crippen LogP contribution is -2.31. The van der Waals surface area contributed by atoms with Crippen LogP contribution in [-0.2, 0) is 11.2 Å². The summed E-state index contributed by atoms with van der Waals surface area (Å²) < 4.78 is 10.5. The Labute approximate surface area is 155 Å². The van der Waals surface area contributed by atoms with Crippen molar-refractivity contribution < 1.29 is 14.3 Å². The van der Waals surface area contributed by atoms with Crippen LogP contribution in [0.15, 0.2) is 48.5 Å². The molecule has 0 atom stereocenters. The maximum atomic E-state index is 12.1. The number of hydrogen-bond acceptors (Lipinski definition) is 4. The molecule has 2 rings (SSSR count). The molecule has 5 heteroatoms. The summed E-state index contributed by atoms with van der Waals surface area (Å²) in [6, 6.07) is 16.0. The Morgan fingerprint density at radius 1 is 1.04 bits per heavy atom. The molecule has 0 spiro atoms. The van der Waals surface area contributed by atoms with Crippen LogP contribution < -0.4 is 19.7 Å². The van der Waals surface area contributed by atoms with Crippen molar-refractivity contribution in [2.75, 3.05) is 38.8 Å². The molecule has 2 aromatic carbocycles. The van der Waals surface area contributed by atoms with Gasteiger partial charge in [0, 0.05) is 31.7 Å². The number of ether oxygens (including phenoxy) is 2. The molecule has 0 aliphatic rings. The summed E-state index contributed by atoms with van der Waals surface area (Å²) in [6.07, 6.45) is 1.23. The number of carbonyl (C=O) groups is 1. The van der Waals surface area contributed by atoms with E-state index < -0.39 is 0 Å². The first-order chi connectivity index (χ1) is 12.7. The summed E-state index contributed by atoms with van der Waals surface area (Å²) in [5.41, 5.74) is 2.25. The molecular formula is C21H28N2O3.